The van der Waals surface area contributed by atoms with Crippen LogP contribution in [0.15, 0.2) is 47.4 Å². The highest BCUT2D eigenvalue weighted by molar-refractivity contribution is 7.92. The third kappa shape index (κ3) is 4.47. The highest BCUT2D eigenvalue weighted by Crippen LogP contribution is 2.35. The first-order valence-corrected chi connectivity index (χ1v) is 9.20. The predicted octanol–water partition coefficient (Wildman–Crippen LogP) is 2.57. The molecule has 0 aliphatic heterocycles. The van der Waals surface area contributed by atoms with Crippen molar-refractivity contribution in [1.82, 2.24) is 0 Å². The highest BCUT2D eigenvalue weighted by atomic mass is 35.5. The van der Waals surface area contributed by atoms with Crippen LogP contribution < -0.4 is 13.8 Å². The number of sulfonamides is 1. The summed E-state index contributed by atoms with van der Waals surface area (Å²) in [7, 11) is -1.61. The minimum absolute atomic E-state index is 0.0267. The monoisotopic (exact) mass is 414 g/mol. The van der Waals surface area contributed by atoms with Crippen LogP contribution in [0, 0.1) is 10.1 Å². The molecule has 0 saturated carbocycles. The minimum atomic E-state index is -4.35. The molecule has 0 unspecified atom stereocenters. The molecule has 0 amide bonds. The highest BCUT2D eigenvalue weighted by Gasteiger charge is 2.30. The summed E-state index contributed by atoms with van der Waals surface area (Å²) in [6.45, 7) is -0.699. The van der Waals surface area contributed by atoms with Gasteiger partial charge in [0.1, 0.15) is 18.0 Å². The van der Waals surface area contributed by atoms with E-state index in [1.807, 2.05) is 0 Å². The van der Waals surface area contributed by atoms with Crippen molar-refractivity contribution < 1.29 is 27.6 Å². The fourth-order valence-corrected chi connectivity index (χ4v) is 3.95. The summed E-state index contributed by atoms with van der Waals surface area (Å²) in [6, 6.07) is 8.77. The molecule has 0 aromatic heterocycles. The van der Waals surface area contributed by atoms with E-state index >= 15 is 0 Å². The molecule has 27 heavy (non-hydrogen) atoms. The smallest absolute Gasteiger partial charge is 0.270 e. The van der Waals surface area contributed by atoms with Gasteiger partial charge in [-0.3, -0.25) is 19.2 Å². The second-order valence-corrected chi connectivity index (χ2v) is 7.44. The Hall–Kier alpha value is -2.85. The van der Waals surface area contributed by atoms with Gasteiger partial charge in [0.15, 0.2) is 0 Å². The van der Waals surface area contributed by atoms with Crippen LogP contribution in [0.4, 0.5) is 11.4 Å². The molecule has 144 valence electrons. The Morgan fingerprint density at radius 2 is 1.89 bits per heavy atom. The van der Waals surface area contributed by atoms with Crippen LogP contribution in [-0.4, -0.2) is 39.3 Å². The number of methoxy groups -OCH3 is 2. The Morgan fingerprint density at radius 3 is 2.44 bits per heavy atom. The van der Waals surface area contributed by atoms with E-state index in [1.54, 1.807) is 0 Å². The van der Waals surface area contributed by atoms with Crippen LogP contribution in [0.25, 0.3) is 0 Å². The van der Waals surface area contributed by atoms with Gasteiger partial charge in [0.25, 0.3) is 15.7 Å². The molecule has 2 aromatic carbocycles. The number of hydrogen-bond donors (Lipinski definition) is 0. The molecule has 0 bridgehead atoms. The second-order valence-electron chi connectivity index (χ2n) is 5.16. The number of carbonyl (C=O) groups excluding carboxylic acids is 1. The number of hydrogen-bond acceptors (Lipinski definition) is 7. The standard InChI is InChI=1S/C16H15ClN2O7S/c1-25-12-6-7-14(15(9-12)26-2)18(10-16(17)20)27(23,24)13-5-3-4-11(8-13)19(21)22/h3-9H,10H2,1-2H3. The van der Waals surface area contributed by atoms with Crippen molar-refractivity contribution in [1.29, 1.82) is 0 Å². The predicted molar refractivity (Wildman–Crippen MR) is 98.0 cm³/mol. The fourth-order valence-electron chi connectivity index (χ4n) is 2.29. The van der Waals surface area contributed by atoms with Crippen LogP contribution in [0.1, 0.15) is 0 Å². The topological polar surface area (TPSA) is 116 Å². The number of nitrogens with zero attached hydrogens (tertiary/aromatic N) is 2. The summed E-state index contributed by atoms with van der Waals surface area (Å²) in [5.41, 5.74) is -0.381. The molecule has 9 nitrogen and oxygen atoms in total. The molecule has 0 heterocycles. The Morgan fingerprint density at radius 1 is 1.19 bits per heavy atom. The average Bonchev–Trinajstić information content (AvgIpc) is 2.65. The lowest BCUT2D eigenvalue weighted by Gasteiger charge is -2.25. The molecular weight excluding hydrogens is 400 g/mol. The maximum absolute atomic E-state index is 13.1. The Labute approximate surface area is 160 Å². The number of anilines is 1. The molecule has 2 rings (SSSR count). The summed E-state index contributed by atoms with van der Waals surface area (Å²) in [5, 5.41) is 10.0. The van der Waals surface area contributed by atoms with Gasteiger partial charge in [-0.2, -0.15) is 0 Å². The summed E-state index contributed by atoms with van der Waals surface area (Å²) in [4.78, 5) is 21.4. The Balaban J connectivity index is 2.64. The number of nitro benzene ring substituents is 1. The maximum atomic E-state index is 13.1. The third-order valence-electron chi connectivity index (χ3n) is 3.54. The molecule has 0 radical (unpaired) electrons. The minimum Gasteiger partial charge on any atom is -0.497 e. The molecule has 0 fully saturated rings. The van der Waals surface area contributed by atoms with E-state index in [9.17, 15) is 23.3 Å². The Bertz CT molecular complexity index is 978. The van der Waals surface area contributed by atoms with Crippen molar-refractivity contribution in [3.8, 4) is 11.5 Å². The molecule has 0 atom stereocenters. The van der Waals surface area contributed by atoms with E-state index < -0.39 is 32.4 Å². The summed E-state index contributed by atoms with van der Waals surface area (Å²) in [5.74, 6) is 0.516. The lowest BCUT2D eigenvalue weighted by molar-refractivity contribution is -0.385. The molecule has 0 N–H and O–H groups in total. The van der Waals surface area contributed by atoms with Crippen molar-refractivity contribution in [2.45, 2.75) is 4.90 Å². The summed E-state index contributed by atoms with van der Waals surface area (Å²) >= 11 is 5.43. The number of rotatable bonds is 8. The zero-order valence-corrected chi connectivity index (χ0v) is 15.9. The lowest BCUT2D eigenvalue weighted by Crippen LogP contribution is -2.34. The third-order valence-corrected chi connectivity index (χ3v) is 5.42. The molecule has 0 spiro atoms. The van der Waals surface area contributed by atoms with Crippen molar-refractivity contribution >= 4 is 38.2 Å². The number of benzene rings is 2. The normalized spacial score (nSPS) is 10.9. The summed E-state index contributed by atoms with van der Waals surface area (Å²) < 4.78 is 37.1. The molecule has 2 aromatic rings. The SMILES string of the molecule is COc1ccc(N(CC(=O)Cl)S(=O)(=O)c2cccc([N+](=O)[O-])c2)c(OC)c1. The number of non-ortho nitro benzene ring substituents is 1. The van der Waals surface area contributed by atoms with Gasteiger partial charge in [0.05, 0.1) is 29.7 Å². The fraction of sp³-hybridized carbons (Fsp3) is 0.188. The Kier molecular flexibility index (Phi) is 6.24. The van der Waals surface area contributed by atoms with Crippen LogP contribution in [-0.2, 0) is 14.8 Å². The first kappa shape index (κ1) is 20.5. The number of nitro groups is 1. The number of carbonyl (C=O) groups is 1. The average molecular weight is 415 g/mol. The van der Waals surface area contributed by atoms with Gasteiger partial charge in [0.2, 0.25) is 5.24 Å². The number of halogens is 1. The second kappa shape index (κ2) is 8.23. The van der Waals surface area contributed by atoms with E-state index in [4.69, 9.17) is 21.1 Å². The zero-order chi connectivity index (χ0) is 20.2. The quantitative estimate of drug-likeness (QED) is 0.370. The molecule has 0 aliphatic carbocycles. The van der Waals surface area contributed by atoms with Gasteiger partial charge in [-0.25, -0.2) is 8.42 Å². The van der Waals surface area contributed by atoms with Crippen molar-refractivity contribution in [2.75, 3.05) is 25.1 Å². The van der Waals surface area contributed by atoms with Gasteiger partial charge in [-0.1, -0.05) is 6.07 Å². The summed E-state index contributed by atoms with van der Waals surface area (Å²) in [6.07, 6.45) is 0. The van der Waals surface area contributed by atoms with E-state index in [2.05, 4.69) is 0 Å². The van der Waals surface area contributed by atoms with Crippen molar-refractivity contribution in [2.24, 2.45) is 0 Å². The zero-order valence-electron chi connectivity index (χ0n) is 14.3. The van der Waals surface area contributed by atoms with Crippen molar-refractivity contribution in [3.63, 3.8) is 0 Å². The maximum Gasteiger partial charge on any atom is 0.270 e. The molecular formula is C16H15ClN2O7S. The van der Waals surface area contributed by atoms with Gasteiger partial charge in [-0.15, -0.1) is 0 Å². The van der Waals surface area contributed by atoms with Gasteiger partial charge in [-0.05, 0) is 29.8 Å². The van der Waals surface area contributed by atoms with Crippen LogP contribution >= 0.6 is 11.6 Å². The van der Waals surface area contributed by atoms with Crippen LogP contribution in [0.5, 0.6) is 11.5 Å². The lowest BCUT2D eigenvalue weighted by atomic mass is 10.2. The van der Waals surface area contributed by atoms with Gasteiger partial charge in [0, 0.05) is 18.2 Å². The molecule has 0 aliphatic rings. The van der Waals surface area contributed by atoms with E-state index in [0.717, 1.165) is 16.4 Å². The van der Waals surface area contributed by atoms with Crippen LogP contribution in [0.2, 0.25) is 0 Å². The van der Waals surface area contributed by atoms with E-state index in [-0.39, 0.29) is 16.3 Å². The molecule has 0 saturated heterocycles. The van der Waals surface area contributed by atoms with Gasteiger partial charge < -0.3 is 9.47 Å². The van der Waals surface area contributed by atoms with E-state index in [1.165, 1.54) is 44.6 Å². The largest absolute Gasteiger partial charge is 0.497 e. The van der Waals surface area contributed by atoms with Crippen molar-refractivity contribution in [3.05, 3.63) is 52.6 Å². The van der Waals surface area contributed by atoms with Crippen LogP contribution in [0.3, 0.4) is 0 Å². The first-order valence-electron chi connectivity index (χ1n) is 7.38. The first-order chi connectivity index (χ1) is 12.7. The van der Waals surface area contributed by atoms with E-state index in [0.29, 0.717) is 5.75 Å². The molecule has 11 heteroatoms. The number of ether oxygens (including phenoxy) is 2. The van der Waals surface area contributed by atoms with Gasteiger partial charge >= 0.3 is 0 Å².